The fourth-order valence-corrected chi connectivity index (χ4v) is 3.11. The number of benzene rings is 3. The minimum atomic E-state index is -0.121. The van der Waals surface area contributed by atoms with Gasteiger partial charge in [0.15, 0.2) is 6.54 Å². The first-order valence-corrected chi connectivity index (χ1v) is 9.01. The van der Waals surface area contributed by atoms with E-state index in [2.05, 4.69) is 47.9 Å². The topological polar surface area (TPSA) is 74.8 Å². The van der Waals surface area contributed by atoms with Crippen LogP contribution >= 0.6 is 0 Å². The summed E-state index contributed by atoms with van der Waals surface area (Å²) >= 11 is 0. The lowest BCUT2D eigenvalue weighted by atomic mass is 10.00. The lowest BCUT2D eigenvalue weighted by Gasteiger charge is -2.14. The van der Waals surface area contributed by atoms with Crippen molar-refractivity contribution in [1.29, 1.82) is 0 Å². The summed E-state index contributed by atoms with van der Waals surface area (Å²) in [5.41, 5.74) is 2.64. The minimum Gasteiger partial charge on any atom is -0.332 e. The van der Waals surface area contributed by atoms with E-state index in [1.165, 1.54) is 23.3 Å². The number of hydrogen-bond acceptors (Lipinski definition) is 2. The van der Waals surface area contributed by atoms with Gasteiger partial charge in [0.25, 0.3) is 5.91 Å². The second-order valence-electron chi connectivity index (χ2n) is 6.60. The number of quaternary nitrogens is 1. The third-order valence-electron chi connectivity index (χ3n) is 4.46. The highest BCUT2D eigenvalue weighted by Crippen LogP contribution is 2.22. The summed E-state index contributed by atoms with van der Waals surface area (Å²) in [5.74, 6) is -0.182. The number of carbonyl (C=O) groups is 2. The molecule has 0 saturated heterocycles. The van der Waals surface area contributed by atoms with Crippen LogP contribution in [0.3, 0.4) is 0 Å². The van der Waals surface area contributed by atoms with E-state index in [4.69, 9.17) is 0 Å². The molecular weight excluding hydrogens is 338 g/mol. The van der Waals surface area contributed by atoms with Gasteiger partial charge >= 0.3 is 0 Å². The number of fused-ring (bicyclic) bond motifs is 1. The molecule has 0 unspecified atom stereocenters. The summed E-state index contributed by atoms with van der Waals surface area (Å²) in [6.45, 7) is 3.90. The first-order valence-electron chi connectivity index (χ1n) is 9.01. The number of anilines is 2. The Balaban J connectivity index is 1.57. The summed E-state index contributed by atoms with van der Waals surface area (Å²) in [7, 11) is 0. The van der Waals surface area contributed by atoms with Crippen LogP contribution in [0.15, 0.2) is 66.7 Å². The molecule has 138 valence electrons. The maximum absolute atomic E-state index is 12.3. The largest absolute Gasteiger partial charge is 0.332 e. The van der Waals surface area contributed by atoms with Crippen LogP contribution in [0.25, 0.3) is 10.8 Å². The Kier molecular flexibility index (Phi) is 5.84. The third kappa shape index (κ3) is 4.92. The Labute approximate surface area is 158 Å². The average Bonchev–Trinajstić information content (AvgIpc) is 2.67. The van der Waals surface area contributed by atoms with Gasteiger partial charge in [0.1, 0.15) is 6.04 Å². The summed E-state index contributed by atoms with van der Waals surface area (Å²) in [4.78, 5) is 23.3. The van der Waals surface area contributed by atoms with Crippen LogP contribution in [-0.4, -0.2) is 18.4 Å². The van der Waals surface area contributed by atoms with Gasteiger partial charge < -0.3 is 16.0 Å². The van der Waals surface area contributed by atoms with Crippen molar-refractivity contribution in [2.24, 2.45) is 0 Å². The standard InChI is InChI=1S/C22H23N3O2/c1-15(20-9-5-7-17-6-3-4-8-21(17)20)23-14-22(27)25-19-12-10-18(11-13-19)24-16(2)26/h3-13,15,23H,14H2,1-2H3,(H,24,26)(H,25,27)/p+1/t15-/m1/s1. The fraction of sp³-hybridized carbons (Fsp3) is 0.182. The van der Waals surface area contributed by atoms with Crippen molar-refractivity contribution in [2.75, 3.05) is 17.2 Å². The number of hydrogen-bond donors (Lipinski definition) is 3. The van der Waals surface area contributed by atoms with Crippen molar-refractivity contribution in [1.82, 2.24) is 0 Å². The van der Waals surface area contributed by atoms with Gasteiger partial charge in [-0.2, -0.15) is 0 Å². The van der Waals surface area contributed by atoms with E-state index in [1.807, 2.05) is 17.4 Å². The van der Waals surface area contributed by atoms with Crippen LogP contribution in [0.5, 0.6) is 0 Å². The molecule has 27 heavy (non-hydrogen) atoms. The van der Waals surface area contributed by atoms with Crippen LogP contribution in [0.2, 0.25) is 0 Å². The monoisotopic (exact) mass is 362 g/mol. The van der Waals surface area contributed by atoms with Crippen LogP contribution in [0.4, 0.5) is 11.4 Å². The molecule has 5 nitrogen and oxygen atoms in total. The van der Waals surface area contributed by atoms with Gasteiger partial charge in [-0.25, -0.2) is 0 Å². The van der Waals surface area contributed by atoms with E-state index in [1.54, 1.807) is 24.3 Å². The van der Waals surface area contributed by atoms with Gasteiger partial charge in [-0.05, 0) is 42.0 Å². The average molecular weight is 362 g/mol. The van der Waals surface area contributed by atoms with E-state index in [0.29, 0.717) is 17.9 Å². The number of rotatable bonds is 6. The maximum atomic E-state index is 12.3. The quantitative estimate of drug-likeness (QED) is 0.630. The molecule has 2 amide bonds. The molecule has 5 heteroatoms. The van der Waals surface area contributed by atoms with E-state index in [9.17, 15) is 9.59 Å². The highest BCUT2D eigenvalue weighted by Gasteiger charge is 2.14. The Morgan fingerprint density at radius 2 is 1.52 bits per heavy atom. The molecule has 1 atom stereocenters. The summed E-state index contributed by atoms with van der Waals surface area (Å²) in [6, 6.07) is 21.8. The normalized spacial score (nSPS) is 11.8. The van der Waals surface area contributed by atoms with E-state index in [-0.39, 0.29) is 17.9 Å². The number of nitrogens with two attached hydrogens (primary N) is 1. The van der Waals surface area contributed by atoms with Crippen molar-refractivity contribution < 1.29 is 14.9 Å². The number of carbonyl (C=O) groups excluding carboxylic acids is 2. The molecule has 0 saturated carbocycles. The SMILES string of the molecule is CC(=O)Nc1ccc(NC(=O)C[NH2+][C@H](C)c2cccc3ccccc23)cc1. The zero-order chi connectivity index (χ0) is 19.2. The fourth-order valence-electron chi connectivity index (χ4n) is 3.11. The highest BCUT2D eigenvalue weighted by atomic mass is 16.2. The maximum Gasteiger partial charge on any atom is 0.279 e. The molecule has 0 fully saturated rings. The highest BCUT2D eigenvalue weighted by molar-refractivity contribution is 5.92. The molecular formula is C22H24N3O2+. The Bertz CT molecular complexity index is 946. The number of nitrogens with one attached hydrogen (secondary N) is 2. The van der Waals surface area contributed by atoms with Crippen LogP contribution in [0, 0.1) is 0 Å². The molecule has 0 heterocycles. The molecule has 0 bridgehead atoms. The van der Waals surface area contributed by atoms with Crippen molar-refractivity contribution in [3.63, 3.8) is 0 Å². The molecule has 0 spiro atoms. The summed E-state index contributed by atoms with van der Waals surface area (Å²) in [5, 5.41) is 10.0. The van der Waals surface area contributed by atoms with Gasteiger partial charge in [0.2, 0.25) is 5.91 Å². The molecule has 0 aliphatic rings. The second-order valence-corrected chi connectivity index (χ2v) is 6.60. The summed E-state index contributed by atoms with van der Waals surface area (Å²) < 4.78 is 0. The van der Waals surface area contributed by atoms with E-state index < -0.39 is 0 Å². The first-order chi connectivity index (χ1) is 13.0. The van der Waals surface area contributed by atoms with Gasteiger partial charge in [-0.1, -0.05) is 42.5 Å². The van der Waals surface area contributed by atoms with Crippen LogP contribution in [0.1, 0.15) is 25.5 Å². The predicted octanol–water partition coefficient (Wildman–Crippen LogP) is 3.06. The second kappa shape index (κ2) is 8.47. The Hall–Kier alpha value is -3.18. The van der Waals surface area contributed by atoms with Crippen molar-refractivity contribution in [2.45, 2.75) is 19.9 Å². The van der Waals surface area contributed by atoms with Crippen molar-refractivity contribution >= 4 is 34.0 Å². The lowest BCUT2D eigenvalue weighted by molar-refractivity contribution is -0.682. The predicted molar refractivity (Wildman–Crippen MR) is 109 cm³/mol. The van der Waals surface area contributed by atoms with Crippen molar-refractivity contribution in [3.8, 4) is 0 Å². The van der Waals surface area contributed by atoms with Gasteiger partial charge in [0, 0.05) is 23.9 Å². The Morgan fingerprint density at radius 3 is 2.22 bits per heavy atom. The molecule has 3 aromatic rings. The van der Waals surface area contributed by atoms with Crippen LogP contribution in [-0.2, 0) is 9.59 Å². The lowest BCUT2D eigenvalue weighted by Crippen LogP contribution is -2.86. The first kappa shape index (κ1) is 18.6. The molecule has 0 radical (unpaired) electrons. The third-order valence-corrected chi connectivity index (χ3v) is 4.46. The zero-order valence-electron chi connectivity index (χ0n) is 15.5. The van der Waals surface area contributed by atoms with Crippen LogP contribution < -0.4 is 16.0 Å². The van der Waals surface area contributed by atoms with Gasteiger partial charge in [0.05, 0.1) is 0 Å². The van der Waals surface area contributed by atoms with Gasteiger partial charge in [-0.15, -0.1) is 0 Å². The summed E-state index contributed by atoms with van der Waals surface area (Å²) in [6.07, 6.45) is 0. The zero-order valence-corrected chi connectivity index (χ0v) is 15.5. The molecule has 0 aromatic heterocycles. The molecule has 3 rings (SSSR count). The minimum absolute atomic E-state index is 0.0608. The van der Waals surface area contributed by atoms with Gasteiger partial charge in [-0.3, -0.25) is 9.59 Å². The Morgan fingerprint density at radius 1 is 0.889 bits per heavy atom. The number of amides is 2. The molecule has 0 aliphatic heterocycles. The van der Waals surface area contributed by atoms with E-state index in [0.717, 1.165) is 0 Å². The smallest absolute Gasteiger partial charge is 0.279 e. The molecule has 3 aromatic carbocycles. The van der Waals surface area contributed by atoms with E-state index >= 15 is 0 Å². The van der Waals surface area contributed by atoms with Crippen molar-refractivity contribution in [3.05, 3.63) is 72.3 Å². The molecule has 4 N–H and O–H groups in total. The molecule has 0 aliphatic carbocycles.